The molecule has 2 aliphatic carbocycles. The monoisotopic (exact) mass is 544 g/mol. The second-order valence-corrected chi connectivity index (χ2v) is 11.1. The van der Waals surface area contributed by atoms with Gasteiger partial charge in [-0.3, -0.25) is 9.59 Å². The predicted octanol–water partition coefficient (Wildman–Crippen LogP) is 1.26. The molecule has 39 heavy (non-hydrogen) atoms. The Kier molecular flexibility index (Phi) is 8.76. The molecule has 4 N–H and O–H groups in total. The lowest BCUT2D eigenvalue weighted by Gasteiger charge is -2.43. The van der Waals surface area contributed by atoms with Crippen molar-refractivity contribution in [3.8, 4) is 11.5 Å². The lowest BCUT2D eigenvalue weighted by Crippen LogP contribution is -2.57. The van der Waals surface area contributed by atoms with Gasteiger partial charge in [0.05, 0.1) is 44.8 Å². The molecule has 1 aromatic carbocycles. The highest BCUT2D eigenvalue weighted by Crippen LogP contribution is 2.51. The quantitative estimate of drug-likeness (QED) is 0.365. The second-order valence-electron chi connectivity index (χ2n) is 11.1. The van der Waals surface area contributed by atoms with Crippen molar-refractivity contribution in [1.82, 2.24) is 10.2 Å². The topological polar surface area (TPSA) is 138 Å². The number of aliphatic hydroxyl groups excluding tert-OH is 3. The molecule has 5 atom stereocenters. The fraction of sp³-hybridized carbons (Fsp3) is 0.655. The Bertz CT molecular complexity index is 1080. The molecule has 10 heteroatoms. The van der Waals surface area contributed by atoms with Crippen molar-refractivity contribution in [2.75, 3.05) is 40.0 Å². The van der Waals surface area contributed by atoms with Gasteiger partial charge in [-0.1, -0.05) is 19.3 Å². The van der Waals surface area contributed by atoms with Gasteiger partial charge in [0.1, 0.15) is 12.2 Å². The molecule has 214 valence electrons. The van der Waals surface area contributed by atoms with E-state index in [0.29, 0.717) is 60.3 Å². The highest BCUT2D eigenvalue weighted by Gasteiger charge is 2.52. The number of aliphatic hydroxyl groups is 3. The van der Waals surface area contributed by atoms with Crippen LogP contribution in [0.5, 0.6) is 11.5 Å². The zero-order valence-corrected chi connectivity index (χ0v) is 22.5. The van der Waals surface area contributed by atoms with Crippen LogP contribution in [0.3, 0.4) is 0 Å². The third kappa shape index (κ3) is 5.52. The number of carbonyl (C=O) groups is 2. The molecule has 0 aromatic heterocycles. The van der Waals surface area contributed by atoms with Crippen LogP contribution in [0.15, 0.2) is 23.8 Å². The maximum absolute atomic E-state index is 13.9. The molecule has 1 saturated carbocycles. The number of fused-ring (bicyclic) bond motifs is 3. The van der Waals surface area contributed by atoms with E-state index in [9.17, 15) is 24.9 Å². The molecular weight excluding hydrogens is 504 g/mol. The largest absolute Gasteiger partial charge is 0.493 e. The third-order valence-electron chi connectivity index (χ3n) is 8.60. The van der Waals surface area contributed by atoms with Crippen LogP contribution in [-0.4, -0.2) is 90.3 Å². The SMILES string of the molecule is COc1cc(CO)cc2c1O[C@@H]1[C@@H](O)[C@H](N(CC3CCCCC3)C(=O)C3CCOC3)C=C(C(=O)NCCO)[C@H]21. The first-order valence-corrected chi connectivity index (χ1v) is 14.1. The number of rotatable bonds is 9. The van der Waals surface area contributed by atoms with Crippen molar-refractivity contribution in [3.63, 3.8) is 0 Å². The Labute approximate surface area is 228 Å². The van der Waals surface area contributed by atoms with E-state index in [2.05, 4.69) is 5.32 Å². The summed E-state index contributed by atoms with van der Waals surface area (Å²) < 4.78 is 17.4. The summed E-state index contributed by atoms with van der Waals surface area (Å²) in [6.45, 7) is 1.00. The Hall–Kier alpha value is -2.66. The minimum Gasteiger partial charge on any atom is -0.493 e. The standard InChI is InChI=1S/C29H40N2O8/c1-37-23-12-18(15-33)11-20-24-21(28(35)30-8-9-32)13-22(25(34)27(24)39-26(20)23)31(14-17-5-3-2-4-6-17)29(36)19-7-10-38-16-19/h11-13,17,19,22,24-25,27,32-34H,2-10,14-16H2,1H3,(H,30,35)/t19?,22-,24+,25+,27+/m1/s1. The third-order valence-corrected chi connectivity index (χ3v) is 8.60. The van der Waals surface area contributed by atoms with E-state index >= 15 is 0 Å². The van der Waals surface area contributed by atoms with E-state index < -0.39 is 30.1 Å². The smallest absolute Gasteiger partial charge is 0.247 e. The zero-order valence-electron chi connectivity index (χ0n) is 22.5. The Morgan fingerprint density at radius 3 is 2.62 bits per heavy atom. The Morgan fingerprint density at radius 1 is 1.15 bits per heavy atom. The maximum atomic E-state index is 13.9. The molecular formula is C29H40N2O8. The lowest BCUT2D eigenvalue weighted by molar-refractivity contribution is -0.142. The molecule has 0 bridgehead atoms. The summed E-state index contributed by atoms with van der Waals surface area (Å²) in [7, 11) is 1.50. The number of methoxy groups -OCH3 is 1. The van der Waals surface area contributed by atoms with Crippen molar-refractivity contribution < 1.29 is 39.1 Å². The van der Waals surface area contributed by atoms with Gasteiger partial charge in [-0.15, -0.1) is 0 Å². The number of hydrogen-bond donors (Lipinski definition) is 4. The van der Waals surface area contributed by atoms with E-state index in [-0.39, 0.29) is 31.6 Å². The fourth-order valence-corrected chi connectivity index (χ4v) is 6.59. The van der Waals surface area contributed by atoms with Crippen molar-refractivity contribution in [1.29, 1.82) is 0 Å². The van der Waals surface area contributed by atoms with Gasteiger partial charge in [-0.25, -0.2) is 0 Å². The number of carbonyl (C=O) groups excluding carboxylic acids is 2. The summed E-state index contributed by atoms with van der Waals surface area (Å²) in [5.41, 5.74) is 1.60. The Morgan fingerprint density at radius 2 is 1.95 bits per heavy atom. The molecule has 0 radical (unpaired) electrons. The average molecular weight is 545 g/mol. The van der Waals surface area contributed by atoms with E-state index in [0.717, 1.165) is 25.7 Å². The molecule has 10 nitrogen and oxygen atoms in total. The van der Waals surface area contributed by atoms with Gasteiger partial charge in [-0.05, 0) is 49.0 Å². The molecule has 2 heterocycles. The number of nitrogens with zero attached hydrogens (tertiary/aromatic N) is 1. The Balaban J connectivity index is 1.56. The van der Waals surface area contributed by atoms with Crippen LogP contribution >= 0.6 is 0 Å². The molecule has 2 amide bonds. The van der Waals surface area contributed by atoms with Crippen molar-refractivity contribution in [3.05, 3.63) is 34.9 Å². The van der Waals surface area contributed by atoms with Gasteiger partial charge >= 0.3 is 0 Å². The summed E-state index contributed by atoms with van der Waals surface area (Å²) in [6.07, 6.45) is 5.88. The summed E-state index contributed by atoms with van der Waals surface area (Å²) in [5, 5.41) is 33.7. The van der Waals surface area contributed by atoms with E-state index in [1.54, 1.807) is 23.1 Å². The molecule has 0 spiro atoms. The average Bonchev–Trinajstić information content (AvgIpc) is 3.64. The van der Waals surface area contributed by atoms with E-state index in [4.69, 9.17) is 14.2 Å². The van der Waals surface area contributed by atoms with Crippen LogP contribution in [0.1, 0.15) is 55.6 Å². The van der Waals surface area contributed by atoms with Crippen LogP contribution in [0.2, 0.25) is 0 Å². The minimum atomic E-state index is -1.10. The van der Waals surface area contributed by atoms with Crippen LogP contribution in [0.4, 0.5) is 0 Å². The van der Waals surface area contributed by atoms with Crippen molar-refractivity contribution in [2.45, 2.75) is 69.3 Å². The summed E-state index contributed by atoms with van der Waals surface area (Å²) in [5.74, 6) is -0.233. The van der Waals surface area contributed by atoms with Crippen LogP contribution in [0, 0.1) is 11.8 Å². The van der Waals surface area contributed by atoms with Gasteiger partial charge in [0, 0.05) is 30.8 Å². The number of hydrogen-bond acceptors (Lipinski definition) is 8. The van der Waals surface area contributed by atoms with Crippen LogP contribution in [0.25, 0.3) is 0 Å². The fourth-order valence-electron chi connectivity index (χ4n) is 6.59. The summed E-state index contributed by atoms with van der Waals surface area (Å²) >= 11 is 0. The van der Waals surface area contributed by atoms with Gasteiger partial charge in [0.2, 0.25) is 11.8 Å². The van der Waals surface area contributed by atoms with E-state index in [1.165, 1.54) is 13.5 Å². The molecule has 1 saturated heterocycles. The van der Waals surface area contributed by atoms with Crippen molar-refractivity contribution in [2.24, 2.45) is 11.8 Å². The van der Waals surface area contributed by atoms with Gasteiger partial charge in [0.25, 0.3) is 0 Å². The molecule has 1 aromatic rings. The summed E-state index contributed by atoms with van der Waals surface area (Å²) in [4.78, 5) is 29.1. The molecule has 1 unspecified atom stereocenters. The van der Waals surface area contributed by atoms with Crippen LogP contribution < -0.4 is 14.8 Å². The maximum Gasteiger partial charge on any atom is 0.247 e. The molecule has 2 aliphatic heterocycles. The highest BCUT2D eigenvalue weighted by atomic mass is 16.5. The number of benzene rings is 1. The summed E-state index contributed by atoms with van der Waals surface area (Å²) in [6, 6.07) is 2.67. The second kappa shape index (κ2) is 12.2. The van der Waals surface area contributed by atoms with Gasteiger partial charge in [0.15, 0.2) is 11.5 Å². The highest BCUT2D eigenvalue weighted by molar-refractivity contribution is 5.96. The normalized spacial score (nSPS) is 28.2. The van der Waals surface area contributed by atoms with Gasteiger partial charge in [-0.2, -0.15) is 0 Å². The number of amides is 2. The van der Waals surface area contributed by atoms with Crippen LogP contribution in [-0.2, 0) is 20.9 Å². The zero-order chi connectivity index (χ0) is 27.5. The first kappa shape index (κ1) is 27.9. The first-order valence-electron chi connectivity index (χ1n) is 14.1. The minimum absolute atomic E-state index is 0.0670. The van der Waals surface area contributed by atoms with E-state index in [1.807, 2.05) is 0 Å². The molecule has 2 fully saturated rings. The van der Waals surface area contributed by atoms with Gasteiger partial charge < -0.3 is 39.7 Å². The molecule has 5 rings (SSSR count). The predicted molar refractivity (Wildman–Crippen MR) is 141 cm³/mol. The first-order chi connectivity index (χ1) is 19.0. The lowest BCUT2D eigenvalue weighted by atomic mass is 9.76. The van der Waals surface area contributed by atoms with Crippen molar-refractivity contribution >= 4 is 11.8 Å². The molecule has 4 aliphatic rings. The number of ether oxygens (including phenoxy) is 3. The number of nitrogens with one attached hydrogen (secondary N) is 1.